The number of hydrogen-bond donors (Lipinski definition) is 5. The molecule has 194 valence electrons. The lowest BCUT2D eigenvalue weighted by Gasteiger charge is -2.09. The molecule has 3 unspecified atom stereocenters. The second-order valence-corrected chi connectivity index (χ2v) is 8.65. The van der Waals surface area contributed by atoms with E-state index >= 15 is 0 Å². The van der Waals surface area contributed by atoms with E-state index in [0.717, 1.165) is 24.2 Å². The van der Waals surface area contributed by atoms with Crippen molar-refractivity contribution in [3.05, 3.63) is 106 Å². The van der Waals surface area contributed by atoms with Gasteiger partial charge in [-0.15, -0.1) is 0 Å². The molecule has 3 atom stereocenters. The van der Waals surface area contributed by atoms with E-state index < -0.39 is 17.9 Å². The second-order valence-electron chi connectivity index (χ2n) is 8.65. The van der Waals surface area contributed by atoms with Crippen molar-refractivity contribution in [1.82, 2.24) is 10.9 Å². The van der Waals surface area contributed by atoms with Crippen LogP contribution in [0.3, 0.4) is 0 Å². The Labute approximate surface area is 214 Å². The zero-order valence-corrected chi connectivity index (χ0v) is 20.1. The lowest BCUT2D eigenvalue weighted by Crippen LogP contribution is -2.31. The van der Waals surface area contributed by atoms with E-state index in [-0.39, 0.29) is 12.4 Å². The summed E-state index contributed by atoms with van der Waals surface area (Å²) >= 11 is 0. The number of hydrazine groups is 2. The van der Waals surface area contributed by atoms with E-state index in [9.17, 15) is 14.7 Å². The van der Waals surface area contributed by atoms with Gasteiger partial charge in [0.1, 0.15) is 18.8 Å². The van der Waals surface area contributed by atoms with Crippen molar-refractivity contribution in [3.63, 3.8) is 0 Å². The first-order chi connectivity index (χ1) is 18.0. The van der Waals surface area contributed by atoms with Gasteiger partial charge in [0.25, 0.3) is 11.8 Å². The Morgan fingerprint density at radius 1 is 0.811 bits per heavy atom. The van der Waals surface area contributed by atoms with Crippen molar-refractivity contribution in [2.75, 3.05) is 13.2 Å². The summed E-state index contributed by atoms with van der Waals surface area (Å²) in [4.78, 5) is 22.0. The summed E-state index contributed by atoms with van der Waals surface area (Å²) in [5.74, 6) is 9.03. The predicted molar refractivity (Wildman–Crippen MR) is 135 cm³/mol. The normalized spacial score (nSPS) is 18.1. The van der Waals surface area contributed by atoms with Crippen molar-refractivity contribution in [1.29, 1.82) is 0 Å². The third kappa shape index (κ3) is 7.92. The lowest BCUT2D eigenvalue weighted by atomic mass is 10.0. The minimum absolute atomic E-state index is 0.00424. The molecule has 2 aliphatic heterocycles. The number of ether oxygens (including phenoxy) is 3. The number of carbonyl (C=O) groups is 2. The van der Waals surface area contributed by atoms with E-state index in [1.807, 2.05) is 23.0 Å². The van der Waals surface area contributed by atoms with Crippen molar-refractivity contribution in [3.8, 4) is 0 Å². The molecule has 0 aliphatic carbocycles. The fourth-order valence-corrected chi connectivity index (χ4v) is 3.54. The van der Waals surface area contributed by atoms with Crippen LogP contribution in [0.2, 0.25) is 0 Å². The van der Waals surface area contributed by atoms with Crippen LogP contribution in [0.1, 0.15) is 49.1 Å². The highest BCUT2D eigenvalue weighted by atomic mass is 16.8. The molecule has 0 saturated carbocycles. The summed E-state index contributed by atoms with van der Waals surface area (Å²) in [6, 6.07) is 22.5. The maximum absolute atomic E-state index is 11.0. The third-order valence-electron chi connectivity index (χ3n) is 5.87. The average molecular weight is 507 g/mol. The number of nitrogens with one attached hydrogen (secondary N) is 2. The van der Waals surface area contributed by atoms with E-state index in [4.69, 9.17) is 25.9 Å². The Bertz CT molecular complexity index is 1140. The second kappa shape index (κ2) is 12.5. The average Bonchev–Trinajstić information content (AvgIpc) is 3.87. The van der Waals surface area contributed by atoms with Gasteiger partial charge in [0.15, 0.2) is 6.29 Å². The summed E-state index contributed by atoms with van der Waals surface area (Å²) in [6.07, 6.45) is 0.364. The van der Waals surface area contributed by atoms with Gasteiger partial charge in [0, 0.05) is 11.1 Å². The smallest absolute Gasteiger partial charge is 0.265 e. The molecule has 10 heteroatoms. The first kappa shape index (κ1) is 26.4. The first-order valence-electron chi connectivity index (χ1n) is 11.8. The number of amides is 2. The Hall–Kier alpha value is -3.64. The van der Waals surface area contributed by atoms with Crippen LogP contribution in [0.15, 0.2) is 72.8 Å². The molecule has 3 aromatic carbocycles. The van der Waals surface area contributed by atoms with E-state index in [1.54, 1.807) is 0 Å². The number of aliphatic hydroxyl groups excluding tert-OH is 1. The van der Waals surface area contributed by atoms with E-state index in [1.165, 1.54) is 35.4 Å². The molecule has 5 rings (SSSR count). The van der Waals surface area contributed by atoms with Gasteiger partial charge in [-0.05, 0) is 52.9 Å². The zero-order valence-electron chi connectivity index (χ0n) is 20.1. The Morgan fingerprint density at radius 3 is 1.70 bits per heavy atom. The van der Waals surface area contributed by atoms with Crippen LogP contribution in [0.4, 0.5) is 0 Å². The quantitative estimate of drug-likeness (QED) is 0.126. The number of hydrogen-bond acceptors (Lipinski definition) is 8. The molecule has 37 heavy (non-hydrogen) atoms. The number of aliphatic hydroxyl groups is 1. The Balaban J connectivity index is 0.000000197. The minimum atomic E-state index is -0.501. The van der Waals surface area contributed by atoms with Crippen molar-refractivity contribution < 1.29 is 28.9 Å². The first-order valence-corrected chi connectivity index (χ1v) is 11.8. The minimum Gasteiger partial charge on any atom is -0.386 e. The van der Waals surface area contributed by atoms with E-state index in [2.05, 4.69) is 36.4 Å². The Kier molecular flexibility index (Phi) is 8.96. The van der Waals surface area contributed by atoms with Crippen molar-refractivity contribution in [2.24, 2.45) is 11.7 Å². The summed E-state index contributed by atoms with van der Waals surface area (Å²) in [6.45, 7) is 1.97. The highest BCUT2D eigenvalue weighted by Gasteiger charge is 2.32. The SMILES string of the molecule is NNC(=O)c1ccc(C(=O)NN)cc1.OC(c1ccc(Cc2ccc(COC3CO3)cc2)cc1)C1CO1. The monoisotopic (exact) mass is 506 g/mol. The van der Waals surface area contributed by atoms with Crippen LogP contribution >= 0.6 is 0 Å². The molecule has 0 aromatic heterocycles. The summed E-state index contributed by atoms with van der Waals surface area (Å²) < 4.78 is 15.7. The fourth-order valence-electron chi connectivity index (χ4n) is 3.54. The molecule has 2 amide bonds. The Morgan fingerprint density at radius 2 is 1.27 bits per heavy atom. The van der Waals surface area contributed by atoms with Crippen LogP contribution in [-0.2, 0) is 27.2 Å². The summed E-state index contributed by atoms with van der Waals surface area (Å²) in [5.41, 5.74) is 9.28. The molecule has 3 aromatic rings. The number of rotatable bonds is 9. The van der Waals surface area contributed by atoms with Gasteiger partial charge in [-0.1, -0.05) is 48.5 Å². The number of nitrogens with two attached hydrogens (primary N) is 2. The largest absolute Gasteiger partial charge is 0.386 e. The van der Waals surface area contributed by atoms with Crippen LogP contribution in [0.25, 0.3) is 0 Å². The third-order valence-corrected chi connectivity index (χ3v) is 5.87. The molecular weight excluding hydrogens is 476 g/mol. The van der Waals surface area contributed by atoms with Crippen LogP contribution in [0.5, 0.6) is 0 Å². The molecule has 2 saturated heterocycles. The predicted octanol–water partition coefficient (Wildman–Crippen LogP) is 1.48. The number of carbonyl (C=O) groups excluding carboxylic acids is 2. The van der Waals surface area contributed by atoms with Gasteiger partial charge in [-0.25, -0.2) is 11.7 Å². The summed E-state index contributed by atoms with van der Waals surface area (Å²) in [5, 5.41) is 10.0. The topological polar surface area (TPSA) is 165 Å². The zero-order chi connectivity index (χ0) is 26.2. The maximum Gasteiger partial charge on any atom is 0.265 e. The van der Waals surface area contributed by atoms with Crippen LogP contribution in [-0.4, -0.2) is 42.5 Å². The standard InChI is InChI=1S/C19H20O4.C8H10N4O2/c20-19(17-11-21-17)16-7-5-14(6-8-16)9-13-1-3-15(4-2-13)10-22-18-12-23-18;9-11-7(13)5-1-2-6(4-3-5)8(14)12-10/h1-8,17-20H,9-12H2;1-4H,9-10H2,(H,11,13)(H,12,14). The van der Waals surface area contributed by atoms with Crippen molar-refractivity contribution >= 4 is 11.8 Å². The highest BCUT2D eigenvalue weighted by molar-refractivity contribution is 5.97. The molecule has 0 spiro atoms. The molecule has 2 fully saturated rings. The van der Waals surface area contributed by atoms with Gasteiger partial charge in [-0.3, -0.25) is 20.4 Å². The molecule has 2 heterocycles. The molecular formula is C27H30N4O6. The molecule has 0 bridgehead atoms. The lowest BCUT2D eigenvalue weighted by molar-refractivity contribution is 0.0386. The van der Waals surface area contributed by atoms with E-state index in [0.29, 0.717) is 24.3 Å². The van der Waals surface area contributed by atoms with Gasteiger partial charge in [0.05, 0.1) is 13.2 Å². The van der Waals surface area contributed by atoms with Gasteiger partial charge in [-0.2, -0.15) is 0 Å². The fraction of sp³-hybridized carbons (Fsp3) is 0.259. The van der Waals surface area contributed by atoms with Crippen LogP contribution in [0, 0.1) is 0 Å². The van der Waals surface area contributed by atoms with Gasteiger partial charge >= 0.3 is 0 Å². The number of benzene rings is 3. The number of epoxide rings is 2. The molecule has 10 nitrogen and oxygen atoms in total. The van der Waals surface area contributed by atoms with Crippen LogP contribution < -0.4 is 22.5 Å². The molecule has 7 N–H and O–H groups in total. The summed E-state index contributed by atoms with van der Waals surface area (Å²) in [7, 11) is 0. The van der Waals surface area contributed by atoms with Crippen molar-refractivity contribution in [2.45, 2.75) is 31.5 Å². The maximum atomic E-state index is 11.0. The highest BCUT2D eigenvalue weighted by Crippen LogP contribution is 2.27. The van der Waals surface area contributed by atoms with Gasteiger partial charge in [0.2, 0.25) is 0 Å². The molecule has 0 radical (unpaired) electrons. The number of nitrogen functional groups attached to an aromatic ring is 2. The molecule has 2 aliphatic rings. The van der Waals surface area contributed by atoms with Gasteiger partial charge < -0.3 is 19.3 Å².